The van der Waals surface area contributed by atoms with Gasteiger partial charge in [-0.25, -0.2) is 0 Å². The molecule has 0 unspecified atom stereocenters. The maximum atomic E-state index is 14.8. The Bertz CT molecular complexity index is 926. The topological polar surface area (TPSA) is 25.0 Å². The molecule has 1 aromatic carbocycles. The van der Waals surface area contributed by atoms with Gasteiger partial charge >= 0.3 is 6.97 Å². The minimum atomic E-state index is -4.00. The van der Waals surface area contributed by atoms with E-state index in [-0.39, 0.29) is 5.56 Å². The van der Waals surface area contributed by atoms with Crippen LogP contribution in [0.25, 0.3) is 5.57 Å². The van der Waals surface area contributed by atoms with Gasteiger partial charge < -0.3 is 17.6 Å². The SMILES string of the molecule is O=Cc1cc2n(c1)[B-](F)(F)[N+]1=CC=CC1=C2c1ccc(Br)cc1. The number of nitrogens with zero attached hydrogens (tertiary/aromatic N) is 2. The number of carbonyl (C=O) groups is 1. The molecule has 0 N–H and O–H groups in total. The fourth-order valence-corrected chi connectivity index (χ4v) is 3.34. The van der Waals surface area contributed by atoms with Crippen molar-refractivity contribution < 1.29 is 17.9 Å². The minimum absolute atomic E-state index is 0.238. The molecule has 0 amide bonds. The highest BCUT2D eigenvalue weighted by molar-refractivity contribution is 9.10. The lowest BCUT2D eigenvalue weighted by atomic mass is 9.86. The van der Waals surface area contributed by atoms with Gasteiger partial charge in [0.15, 0.2) is 12.0 Å². The summed E-state index contributed by atoms with van der Waals surface area (Å²) in [4.78, 5) is 11.1. The van der Waals surface area contributed by atoms with Crippen molar-refractivity contribution >= 4 is 41.0 Å². The van der Waals surface area contributed by atoms with Crippen LogP contribution in [0.1, 0.15) is 21.6 Å². The Morgan fingerprint density at radius 3 is 2.65 bits per heavy atom. The Hall–Kier alpha value is -2.28. The van der Waals surface area contributed by atoms with E-state index in [4.69, 9.17) is 0 Å². The average Bonchev–Trinajstić information content (AvgIpc) is 3.17. The average molecular weight is 375 g/mol. The highest BCUT2D eigenvalue weighted by Crippen LogP contribution is 2.39. The number of halogens is 3. The quantitative estimate of drug-likeness (QED) is 0.581. The Morgan fingerprint density at radius 1 is 1.22 bits per heavy atom. The molecule has 0 fully saturated rings. The van der Waals surface area contributed by atoms with Gasteiger partial charge in [0.05, 0.1) is 5.57 Å². The summed E-state index contributed by atoms with van der Waals surface area (Å²) in [6.45, 7) is -4.00. The van der Waals surface area contributed by atoms with Crippen LogP contribution in [-0.2, 0) is 0 Å². The van der Waals surface area contributed by atoms with E-state index in [1.54, 1.807) is 12.2 Å². The fraction of sp³-hybridized carbons (Fsp3) is 0. The van der Waals surface area contributed by atoms with E-state index in [1.807, 2.05) is 24.3 Å². The minimum Gasteiger partial charge on any atom is -0.395 e. The first-order valence-corrected chi connectivity index (χ1v) is 7.82. The van der Waals surface area contributed by atoms with Crippen LogP contribution in [0.3, 0.4) is 0 Å². The second kappa shape index (κ2) is 4.86. The predicted molar refractivity (Wildman–Crippen MR) is 88.8 cm³/mol. The molecule has 114 valence electrons. The number of allylic oxidation sites excluding steroid dienone is 2. The summed E-state index contributed by atoms with van der Waals surface area (Å²) in [6.07, 6.45) is 6.45. The number of hydrogen-bond acceptors (Lipinski definition) is 1. The molecule has 3 nitrogen and oxygen atoms in total. The molecule has 0 radical (unpaired) electrons. The van der Waals surface area contributed by atoms with E-state index in [0.717, 1.165) is 19.0 Å². The van der Waals surface area contributed by atoms with Gasteiger partial charge in [-0.1, -0.05) is 28.1 Å². The first-order chi connectivity index (χ1) is 11.0. The van der Waals surface area contributed by atoms with Crippen LogP contribution >= 0.6 is 15.9 Å². The van der Waals surface area contributed by atoms with E-state index >= 15 is 0 Å². The Morgan fingerprint density at radius 2 is 1.96 bits per heavy atom. The first kappa shape index (κ1) is 14.3. The van der Waals surface area contributed by atoms with Gasteiger partial charge in [-0.3, -0.25) is 4.79 Å². The highest BCUT2D eigenvalue weighted by atomic mass is 79.9. The summed E-state index contributed by atoms with van der Waals surface area (Å²) in [5.41, 5.74) is 2.53. The molecular formula is C16H10BBrF2N2O. The monoisotopic (exact) mass is 374 g/mol. The normalized spacial score (nSPS) is 17.8. The summed E-state index contributed by atoms with van der Waals surface area (Å²) >= 11 is 3.38. The lowest BCUT2D eigenvalue weighted by molar-refractivity contribution is -0.356. The van der Waals surface area contributed by atoms with Crippen molar-refractivity contribution in [2.75, 3.05) is 0 Å². The Balaban J connectivity index is 2.05. The molecule has 2 aromatic rings. The summed E-state index contributed by atoms with van der Waals surface area (Å²) in [7, 11) is 0. The molecule has 4 rings (SSSR count). The van der Waals surface area contributed by atoms with Crippen LogP contribution in [0.2, 0.25) is 0 Å². The number of aromatic nitrogens is 1. The number of carbonyl (C=O) groups excluding carboxylic acids is 1. The van der Waals surface area contributed by atoms with Gasteiger partial charge in [0.25, 0.3) is 0 Å². The number of rotatable bonds is 2. The molecule has 0 bridgehead atoms. The van der Waals surface area contributed by atoms with Crippen molar-refractivity contribution in [2.45, 2.75) is 0 Å². The van der Waals surface area contributed by atoms with Crippen molar-refractivity contribution in [1.82, 2.24) is 4.48 Å². The highest BCUT2D eigenvalue weighted by Gasteiger charge is 2.51. The zero-order chi connectivity index (χ0) is 16.2. The molecule has 3 heterocycles. The molecule has 0 saturated carbocycles. The zero-order valence-electron chi connectivity index (χ0n) is 11.8. The molecule has 2 aliphatic rings. The lowest BCUT2D eigenvalue weighted by Crippen LogP contribution is -2.49. The second-order valence-corrected chi connectivity index (χ2v) is 6.37. The van der Waals surface area contributed by atoms with Gasteiger partial charge in [-0.15, -0.1) is 0 Å². The van der Waals surface area contributed by atoms with E-state index in [2.05, 4.69) is 15.9 Å². The molecule has 0 spiro atoms. The van der Waals surface area contributed by atoms with Crippen LogP contribution < -0.4 is 0 Å². The summed E-state index contributed by atoms with van der Waals surface area (Å²) in [5, 5.41) is 0. The predicted octanol–water partition coefficient (Wildman–Crippen LogP) is 3.71. The van der Waals surface area contributed by atoms with E-state index in [9.17, 15) is 13.4 Å². The largest absolute Gasteiger partial charge is 0.737 e. The molecule has 0 atom stereocenters. The zero-order valence-corrected chi connectivity index (χ0v) is 13.4. The summed E-state index contributed by atoms with van der Waals surface area (Å²) in [6, 6.07) is 8.97. The molecule has 1 aromatic heterocycles. The summed E-state index contributed by atoms with van der Waals surface area (Å²) in [5.74, 6) is 0. The third-order valence-electron chi connectivity index (χ3n) is 4.10. The Labute approximate surface area is 139 Å². The number of benzene rings is 1. The van der Waals surface area contributed by atoms with Crippen molar-refractivity contribution in [2.24, 2.45) is 0 Å². The third kappa shape index (κ3) is 2.00. The van der Waals surface area contributed by atoms with Crippen LogP contribution in [-0.4, -0.2) is 28.4 Å². The molecule has 7 heteroatoms. The second-order valence-electron chi connectivity index (χ2n) is 5.45. The van der Waals surface area contributed by atoms with Crippen LogP contribution in [0.4, 0.5) is 8.63 Å². The number of aldehydes is 1. The fourth-order valence-electron chi connectivity index (χ4n) is 3.08. The van der Waals surface area contributed by atoms with Gasteiger partial charge in [-0.2, -0.15) is 0 Å². The van der Waals surface area contributed by atoms with E-state index in [1.165, 1.54) is 18.5 Å². The maximum Gasteiger partial charge on any atom is 0.737 e. The van der Waals surface area contributed by atoms with Crippen molar-refractivity contribution in [3.05, 3.63) is 75.7 Å². The van der Waals surface area contributed by atoms with Crippen molar-refractivity contribution in [3.63, 3.8) is 0 Å². The summed E-state index contributed by atoms with van der Waals surface area (Å²) < 4.78 is 32.4. The van der Waals surface area contributed by atoms with Gasteiger partial charge in [0, 0.05) is 27.9 Å². The lowest BCUT2D eigenvalue weighted by Gasteiger charge is -2.30. The maximum absolute atomic E-state index is 14.8. The molecule has 0 aliphatic carbocycles. The standard InChI is InChI=1S/C16H10BBrF2N2O/c18-13-5-3-12(4-6-13)16-14-2-1-7-21(14)17(19,20)22-9-11(10-23)8-15(16)22/h1-10H. The van der Waals surface area contributed by atoms with Crippen LogP contribution in [0, 0.1) is 0 Å². The molecular weight excluding hydrogens is 365 g/mol. The van der Waals surface area contributed by atoms with Gasteiger partial charge in [-0.05, 0) is 30.0 Å². The van der Waals surface area contributed by atoms with E-state index < -0.39 is 6.97 Å². The van der Waals surface area contributed by atoms with Crippen molar-refractivity contribution in [1.29, 1.82) is 0 Å². The Kier molecular flexibility index (Phi) is 3.03. The van der Waals surface area contributed by atoms with Crippen LogP contribution in [0.5, 0.6) is 0 Å². The molecule has 0 saturated heterocycles. The van der Waals surface area contributed by atoms with E-state index in [0.29, 0.717) is 23.3 Å². The van der Waals surface area contributed by atoms with Gasteiger partial charge in [0.2, 0.25) is 0 Å². The third-order valence-corrected chi connectivity index (χ3v) is 4.63. The first-order valence-electron chi connectivity index (χ1n) is 7.02. The smallest absolute Gasteiger partial charge is 0.395 e. The molecule has 23 heavy (non-hydrogen) atoms. The molecule has 2 aliphatic heterocycles. The van der Waals surface area contributed by atoms with Crippen molar-refractivity contribution in [3.8, 4) is 0 Å². The van der Waals surface area contributed by atoms with Crippen LogP contribution in [0.15, 0.2) is 58.9 Å². The number of hydrogen-bond donors (Lipinski definition) is 0. The van der Waals surface area contributed by atoms with Gasteiger partial charge in [0.1, 0.15) is 6.21 Å². The number of fused-ring (bicyclic) bond motifs is 2.